The Morgan fingerprint density at radius 2 is 1.63 bits per heavy atom. The molecular formula is C16H16BrNO. The van der Waals surface area contributed by atoms with Gasteiger partial charge in [0.1, 0.15) is 0 Å². The van der Waals surface area contributed by atoms with Crippen LogP contribution in [0.4, 0.5) is 5.69 Å². The topological polar surface area (TPSA) is 20.3 Å². The molecule has 0 saturated carbocycles. The van der Waals surface area contributed by atoms with Gasteiger partial charge < -0.3 is 4.90 Å². The van der Waals surface area contributed by atoms with Gasteiger partial charge in [0, 0.05) is 29.3 Å². The highest BCUT2D eigenvalue weighted by atomic mass is 79.9. The molecule has 0 fully saturated rings. The second kappa shape index (κ2) is 6.02. The third-order valence-corrected chi connectivity index (χ3v) is 3.58. The van der Waals surface area contributed by atoms with Crippen LogP contribution < -0.4 is 4.90 Å². The molecule has 0 saturated heterocycles. The largest absolute Gasteiger partial charge is 0.370 e. The number of carbonyl (C=O) groups is 1. The molecule has 0 radical (unpaired) electrons. The Hall–Kier alpha value is -1.61. The second-order valence-corrected chi connectivity index (χ2v) is 5.50. The van der Waals surface area contributed by atoms with E-state index in [2.05, 4.69) is 33.0 Å². The Balaban J connectivity index is 2.09. The molecule has 2 aromatic carbocycles. The fraction of sp³-hybridized carbons (Fsp3) is 0.188. The van der Waals surface area contributed by atoms with Gasteiger partial charge in [-0.2, -0.15) is 0 Å². The molecule has 0 amide bonds. The molecule has 0 atom stereocenters. The van der Waals surface area contributed by atoms with E-state index in [1.165, 1.54) is 5.56 Å². The number of ketones is 1. The van der Waals surface area contributed by atoms with Crippen LogP contribution >= 0.6 is 15.9 Å². The van der Waals surface area contributed by atoms with E-state index in [0.29, 0.717) is 0 Å². The molecule has 0 unspecified atom stereocenters. The normalized spacial score (nSPS) is 10.3. The molecule has 0 spiro atoms. The molecule has 2 aromatic rings. The predicted octanol–water partition coefficient (Wildman–Crippen LogP) is 4.29. The molecule has 0 aliphatic rings. The predicted molar refractivity (Wildman–Crippen MR) is 82.7 cm³/mol. The highest BCUT2D eigenvalue weighted by molar-refractivity contribution is 9.10. The summed E-state index contributed by atoms with van der Waals surface area (Å²) in [6.45, 7) is 2.42. The van der Waals surface area contributed by atoms with E-state index in [1.54, 1.807) is 6.92 Å². The Labute approximate surface area is 122 Å². The fourth-order valence-electron chi connectivity index (χ4n) is 1.91. The number of nitrogens with zero attached hydrogens (tertiary/aromatic N) is 1. The van der Waals surface area contributed by atoms with Crippen molar-refractivity contribution in [1.29, 1.82) is 0 Å². The minimum Gasteiger partial charge on any atom is -0.370 e. The third kappa shape index (κ3) is 3.67. The molecule has 0 aromatic heterocycles. The first-order valence-corrected chi connectivity index (χ1v) is 6.92. The van der Waals surface area contributed by atoms with Gasteiger partial charge >= 0.3 is 0 Å². The summed E-state index contributed by atoms with van der Waals surface area (Å²) < 4.78 is 1.09. The molecule has 0 bridgehead atoms. The zero-order valence-electron chi connectivity index (χ0n) is 11.1. The van der Waals surface area contributed by atoms with Crippen LogP contribution in [0.2, 0.25) is 0 Å². The lowest BCUT2D eigenvalue weighted by Crippen LogP contribution is -2.16. The number of halogens is 1. The SMILES string of the molecule is CC(=O)c1ccc(N(C)Cc2ccc(Br)cc2)cc1. The number of Topliss-reactive ketones (excluding diaryl/α,β-unsaturated/α-hetero) is 1. The third-order valence-electron chi connectivity index (χ3n) is 3.05. The van der Waals surface area contributed by atoms with E-state index in [4.69, 9.17) is 0 Å². The van der Waals surface area contributed by atoms with Crippen LogP contribution in [0.5, 0.6) is 0 Å². The first kappa shape index (κ1) is 13.8. The summed E-state index contributed by atoms with van der Waals surface area (Å²) in [6.07, 6.45) is 0. The van der Waals surface area contributed by atoms with Gasteiger partial charge in [-0.25, -0.2) is 0 Å². The summed E-state index contributed by atoms with van der Waals surface area (Å²) in [5.41, 5.74) is 3.11. The number of benzene rings is 2. The fourth-order valence-corrected chi connectivity index (χ4v) is 2.17. The van der Waals surface area contributed by atoms with Crippen molar-refractivity contribution < 1.29 is 4.79 Å². The lowest BCUT2D eigenvalue weighted by Gasteiger charge is -2.19. The number of hydrogen-bond acceptors (Lipinski definition) is 2. The van der Waals surface area contributed by atoms with Crippen molar-refractivity contribution in [3.8, 4) is 0 Å². The first-order valence-electron chi connectivity index (χ1n) is 6.13. The standard InChI is InChI=1S/C16H16BrNO/c1-12(19)14-5-9-16(10-6-14)18(2)11-13-3-7-15(17)8-4-13/h3-10H,11H2,1-2H3. The maximum Gasteiger partial charge on any atom is 0.159 e. The van der Waals surface area contributed by atoms with E-state index >= 15 is 0 Å². The number of carbonyl (C=O) groups excluding carboxylic acids is 1. The molecule has 0 heterocycles. The number of rotatable bonds is 4. The monoisotopic (exact) mass is 317 g/mol. The Kier molecular flexibility index (Phi) is 4.38. The van der Waals surface area contributed by atoms with Gasteiger partial charge in [-0.1, -0.05) is 28.1 Å². The van der Waals surface area contributed by atoms with Crippen molar-refractivity contribution >= 4 is 27.4 Å². The number of hydrogen-bond donors (Lipinski definition) is 0. The van der Waals surface area contributed by atoms with Gasteiger partial charge in [-0.3, -0.25) is 4.79 Å². The highest BCUT2D eigenvalue weighted by Crippen LogP contribution is 2.18. The van der Waals surface area contributed by atoms with E-state index in [0.717, 1.165) is 22.3 Å². The molecule has 3 heteroatoms. The maximum absolute atomic E-state index is 11.2. The lowest BCUT2D eigenvalue weighted by atomic mass is 10.1. The van der Waals surface area contributed by atoms with E-state index in [9.17, 15) is 4.79 Å². The zero-order valence-corrected chi connectivity index (χ0v) is 12.6. The summed E-state index contributed by atoms with van der Waals surface area (Å²) in [4.78, 5) is 13.4. The first-order chi connectivity index (χ1) is 9.06. The lowest BCUT2D eigenvalue weighted by molar-refractivity contribution is 0.101. The van der Waals surface area contributed by atoms with Crippen LogP contribution in [0.15, 0.2) is 53.0 Å². The zero-order chi connectivity index (χ0) is 13.8. The minimum atomic E-state index is 0.0992. The van der Waals surface area contributed by atoms with Gasteiger partial charge in [0.2, 0.25) is 0 Å². The smallest absolute Gasteiger partial charge is 0.159 e. The van der Waals surface area contributed by atoms with E-state index in [1.807, 2.05) is 43.4 Å². The summed E-state index contributed by atoms with van der Waals surface area (Å²) >= 11 is 3.43. The summed E-state index contributed by atoms with van der Waals surface area (Å²) in [5, 5.41) is 0. The van der Waals surface area contributed by atoms with Crippen LogP contribution in [-0.2, 0) is 6.54 Å². The van der Waals surface area contributed by atoms with Crippen molar-refractivity contribution in [2.45, 2.75) is 13.5 Å². The van der Waals surface area contributed by atoms with E-state index in [-0.39, 0.29) is 5.78 Å². The molecule has 2 rings (SSSR count). The van der Waals surface area contributed by atoms with Gasteiger partial charge in [0.15, 0.2) is 5.78 Å². The molecule has 0 N–H and O–H groups in total. The average Bonchev–Trinajstić information content (AvgIpc) is 2.41. The molecule has 0 aliphatic carbocycles. The molecule has 98 valence electrons. The summed E-state index contributed by atoms with van der Waals surface area (Å²) in [6, 6.07) is 16.0. The van der Waals surface area contributed by atoms with Gasteiger partial charge in [-0.05, 0) is 48.9 Å². The van der Waals surface area contributed by atoms with Crippen molar-refractivity contribution in [3.05, 3.63) is 64.1 Å². The maximum atomic E-state index is 11.2. The Morgan fingerprint density at radius 3 is 2.16 bits per heavy atom. The average molecular weight is 318 g/mol. The van der Waals surface area contributed by atoms with Gasteiger partial charge in [-0.15, -0.1) is 0 Å². The quantitative estimate of drug-likeness (QED) is 0.784. The second-order valence-electron chi connectivity index (χ2n) is 4.59. The minimum absolute atomic E-state index is 0.0992. The van der Waals surface area contributed by atoms with Crippen molar-refractivity contribution in [2.75, 3.05) is 11.9 Å². The Bertz CT molecular complexity index is 560. The summed E-state index contributed by atoms with van der Waals surface area (Å²) in [5.74, 6) is 0.0992. The van der Waals surface area contributed by atoms with Crippen LogP contribution in [0, 0.1) is 0 Å². The van der Waals surface area contributed by atoms with Crippen molar-refractivity contribution in [3.63, 3.8) is 0 Å². The van der Waals surface area contributed by atoms with Gasteiger partial charge in [0.05, 0.1) is 0 Å². The van der Waals surface area contributed by atoms with Crippen LogP contribution in [0.3, 0.4) is 0 Å². The number of anilines is 1. The molecule has 19 heavy (non-hydrogen) atoms. The van der Waals surface area contributed by atoms with Crippen molar-refractivity contribution in [1.82, 2.24) is 0 Å². The van der Waals surface area contributed by atoms with Crippen molar-refractivity contribution in [2.24, 2.45) is 0 Å². The Morgan fingerprint density at radius 1 is 1.05 bits per heavy atom. The van der Waals surface area contributed by atoms with Crippen LogP contribution in [-0.4, -0.2) is 12.8 Å². The summed E-state index contributed by atoms with van der Waals surface area (Å²) in [7, 11) is 2.05. The molecule has 0 aliphatic heterocycles. The van der Waals surface area contributed by atoms with E-state index < -0.39 is 0 Å². The molecular weight excluding hydrogens is 302 g/mol. The van der Waals surface area contributed by atoms with Gasteiger partial charge in [0.25, 0.3) is 0 Å². The highest BCUT2D eigenvalue weighted by Gasteiger charge is 2.04. The van der Waals surface area contributed by atoms with Crippen LogP contribution in [0.1, 0.15) is 22.8 Å². The molecule has 2 nitrogen and oxygen atoms in total. The van der Waals surface area contributed by atoms with Crippen LogP contribution in [0.25, 0.3) is 0 Å².